The molecular weight excluding hydrogens is 364 g/mol. The van der Waals surface area contributed by atoms with E-state index in [0.29, 0.717) is 25.2 Å². The van der Waals surface area contributed by atoms with Gasteiger partial charge in [-0.3, -0.25) is 4.79 Å². The average Bonchev–Trinajstić information content (AvgIpc) is 2.53. The summed E-state index contributed by atoms with van der Waals surface area (Å²) in [6, 6.07) is 6.82. The Balaban J connectivity index is 0.00000312. The maximum atomic E-state index is 11.9. The molecule has 0 aliphatic heterocycles. The Kier molecular flexibility index (Phi) is 8.68. The zero-order chi connectivity index (χ0) is 17.6. The fraction of sp³-hybridized carbons (Fsp3) is 0.588. The molecule has 0 aromatic heterocycles. The Morgan fingerprint density at radius 2 is 1.80 bits per heavy atom. The van der Waals surface area contributed by atoms with Gasteiger partial charge in [-0.25, -0.2) is 8.42 Å². The largest absolute Gasteiger partial charge is 0.494 e. The molecule has 0 bridgehead atoms. The number of carbonyl (C=O) groups is 1. The predicted octanol–water partition coefficient (Wildman–Crippen LogP) is 2.06. The maximum absolute atomic E-state index is 11.9. The van der Waals surface area contributed by atoms with Gasteiger partial charge >= 0.3 is 0 Å². The van der Waals surface area contributed by atoms with Gasteiger partial charge in [0.2, 0.25) is 5.91 Å². The summed E-state index contributed by atoms with van der Waals surface area (Å²) >= 11 is 0. The van der Waals surface area contributed by atoms with Gasteiger partial charge in [-0.15, -0.1) is 12.4 Å². The number of carbonyl (C=O) groups excluding carboxylic acids is 1. The van der Waals surface area contributed by atoms with Crippen molar-refractivity contribution in [3.8, 4) is 5.75 Å². The molecule has 8 heteroatoms. The second-order valence-electron chi connectivity index (χ2n) is 6.37. The minimum atomic E-state index is -3.19. The minimum absolute atomic E-state index is 0. The summed E-state index contributed by atoms with van der Waals surface area (Å²) in [4.78, 5) is 12.2. The van der Waals surface area contributed by atoms with Gasteiger partial charge in [0.25, 0.3) is 0 Å². The first-order valence-electron chi connectivity index (χ1n) is 8.32. The summed E-state index contributed by atoms with van der Waals surface area (Å²) < 4.78 is 28.3. The molecular formula is C17H27ClN2O4S. The third-order valence-electron chi connectivity index (χ3n) is 4.21. The van der Waals surface area contributed by atoms with Gasteiger partial charge in [0.05, 0.1) is 11.5 Å². The van der Waals surface area contributed by atoms with Crippen molar-refractivity contribution in [1.82, 2.24) is 5.32 Å². The second kappa shape index (κ2) is 9.99. The van der Waals surface area contributed by atoms with Gasteiger partial charge in [0, 0.05) is 24.8 Å². The van der Waals surface area contributed by atoms with E-state index in [1.807, 2.05) is 0 Å². The number of nitrogens with one attached hydrogen (secondary N) is 1. The number of rotatable bonds is 7. The topological polar surface area (TPSA) is 98.5 Å². The normalized spacial score (nSPS) is 20.4. The number of hydrogen-bond acceptors (Lipinski definition) is 5. The van der Waals surface area contributed by atoms with Crippen molar-refractivity contribution in [2.75, 3.05) is 12.9 Å². The molecule has 1 aromatic rings. The first kappa shape index (κ1) is 21.7. The molecule has 1 amide bonds. The number of sulfone groups is 1. The Hall–Kier alpha value is -1.31. The lowest BCUT2D eigenvalue weighted by atomic mass is 9.92. The molecule has 1 fully saturated rings. The van der Waals surface area contributed by atoms with Crippen LogP contribution in [0, 0.1) is 0 Å². The van der Waals surface area contributed by atoms with Crippen LogP contribution < -0.4 is 15.8 Å². The van der Waals surface area contributed by atoms with Crippen molar-refractivity contribution in [2.45, 2.75) is 55.5 Å². The van der Waals surface area contributed by atoms with Crippen molar-refractivity contribution in [2.24, 2.45) is 5.73 Å². The second-order valence-corrected chi connectivity index (χ2v) is 8.39. The van der Waals surface area contributed by atoms with Crippen LogP contribution in [0.25, 0.3) is 0 Å². The third-order valence-corrected chi connectivity index (χ3v) is 5.33. The van der Waals surface area contributed by atoms with E-state index in [2.05, 4.69) is 5.32 Å². The predicted molar refractivity (Wildman–Crippen MR) is 99.9 cm³/mol. The summed E-state index contributed by atoms with van der Waals surface area (Å²) in [6.07, 6.45) is 6.05. The van der Waals surface area contributed by atoms with Gasteiger partial charge in [-0.05, 0) is 56.4 Å². The number of amides is 1. The lowest BCUT2D eigenvalue weighted by Gasteiger charge is -2.26. The standard InChI is InChI=1S/C17H26N2O4S.ClH/c1-24(21,22)16-10-8-15(9-11-16)23-12-2-3-17(20)19-14-6-4-13(18)5-7-14;/h8-11,13-14H,2-7,12,18H2,1H3,(H,19,20);1H. The van der Waals surface area contributed by atoms with E-state index >= 15 is 0 Å². The van der Waals surface area contributed by atoms with Crippen LogP contribution in [0.15, 0.2) is 29.2 Å². The molecule has 25 heavy (non-hydrogen) atoms. The zero-order valence-corrected chi connectivity index (χ0v) is 16.1. The van der Waals surface area contributed by atoms with E-state index in [0.717, 1.165) is 25.7 Å². The zero-order valence-electron chi connectivity index (χ0n) is 14.4. The van der Waals surface area contributed by atoms with Crippen molar-refractivity contribution in [3.63, 3.8) is 0 Å². The lowest BCUT2D eigenvalue weighted by molar-refractivity contribution is -0.122. The monoisotopic (exact) mass is 390 g/mol. The van der Waals surface area contributed by atoms with Crippen molar-refractivity contribution in [1.29, 1.82) is 0 Å². The van der Waals surface area contributed by atoms with E-state index in [9.17, 15) is 13.2 Å². The summed E-state index contributed by atoms with van der Waals surface area (Å²) in [5.41, 5.74) is 5.85. The summed E-state index contributed by atoms with van der Waals surface area (Å²) in [7, 11) is -3.19. The van der Waals surface area contributed by atoms with Gasteiger partial charge in [-0.1, -0.05) is 0 Å². The Morgan fingerprint density at radius 1 is 1.20 bits per heavy atom. The number of halogens is 1. The highest BCUT2D eigenvalue weighted by Crippen LogP contribution is 2.18. The quantitative estimate of drug-likeness (QED) is 0.694. The molecule has 1 aliphatic carbocycles. The van der Waals surface area contributed by atoms with Crippen molar-refractivity contribution in [3.05, 3.63) is 24.3 Å². The summed E-state index contributed by atoms with van der Waals surface area (Å²) in [5, 5.41) is 3.05. The van der Waals surface area contributed by atoms with Gasteiger partial charge < -0.3 is 15.8 Å². The lowest BCUT2D eigenvalue weighted by Crippen LogP contribution is -2.40. The maximum Gasteiger partial charge on any atom is 0.220 e. The molecule has 0 atom stereocenters. The van der Waals surface area contributed by atoms with Gasteiger partial charge in [0.1, 0.15) is 5.75 Å². The van der Waals surface area contributed by atoms with Crippen LogP contribution in [0.4, 0.5) is 0 Å². The molecule has 1 saturated carbocycles. The molecule has 1 aliphatic rings. The molecule has 142 valence electrons. The molecule has 6 nitrogen and oxygen atoms in total. The number of nitrogens with two attached hydrogens (primary N) is 1. The number of ether oxygens (including phenoxy) is 1. The van der Waals surface area contributed by atoms with Crippen LogP contribution in [-0.4, -0.2) is 39.3 Å². The molecule has 0 heterocycles. The number of hydrogen-bond donors (Lipinski definition) is 2. The van der Waals surface area contributed by atoms with E-state index < -0.39 is 9.84 Å². The van der Waals surface area contributed by atoms with Crippen LogP contribution in [0.2, 0.25) is 0 Å². The Morgan fingerprint density at radius 3 is 2.36 bits per heavy atom. The fourth-order valence-electron chi connectivity index (χ4n) is 2.77. The van der Waals surface area contributed by atoms with E-state index in [4.69, 9.17) is 10.5 Å². The number of benzene rings is 1. The van der Waals surface area contributed by atoms with Crippen LogP contribution in [0.5, 0.6) is 5.75 Å². The van der Waals surface area contributed by atoms with Crippen LogP contribution in [0.1, 0.15) is 38.5 Å². The summed E-state index contributed by atoms with van der Waals surface area (Å²) in [5.74, 6) is 0.649. The van der Waals surface area contributed by atoms with Gasteiger partial charge in [0.15, 0.2) is 9.84 Å². The fourth-order valence-corrected chi connectivity index (χ4v) is 3.40. The van der Waals surface area contributed by atoms with E-state index in [-0.39, 0.29) is 35.3 Å². The van der Waals surface area contributed by atoms with Crippen molar-refractivity contribution >= 4 is 28.2 Å². The molecule has 0 unspecified atom stereocenters. The smallest absolute Gasteiger partial charge is 0.220 e. The van der Waals surface area contributed by atoms with Crippen molar-refractivity contribution < 1.29 is 17.9 Å². The van der Waals surface area contributed by atoms with Crippen LogP contribution >= 0.6 is 12.4 Å². The molecule has 2 rings (SSSR count). The SMILES string of the molecule is CS(=O)(=O)c1ccc(OCCCC(=O)NC2CCC(N)CC2)cc1.Cl. The highest BCUT2D eigenvalue weighted by atomic mass is 35.5. The highest BCUT2D eigenvalue weighted by molar-refractivity contribution is 7.90. The Bertz CT molecular complexity index is 641. The third kappa shape index (κ3) is 7.63. The highest BCUT2D eigenvalue weighted by Gasteiger charge is 2.19. The Labute approximate surface area is 155 Å². The molecule has 0 spiro atoms. The first-order chi connectivity index (χ1) is 11.3. The first-order valence-corrected chi connectivity index (χ1v) is 10.2. The molecule has 0 saturated heterocycles. The molecule has 3 N–H and O–H groups in total. The van der Waals surface area contributed by atoms with E-state index in [1.54, 1.807) is 12.1 Å². The minimum Gasteiger partial charge on any atom is -0.494 e. The van der Waals surface area contributed by atoms with E-state index in [1.165, 1.54) is 18.4 Å². The average molecular weight is 391 g/mol. The molecule has 0 radical (unpaired) electrons. The van der Waals surface area contributed by atoms with Crippen LogP contribution in [-0.2, 0) is 14.6 Å². The van der Waals surface area contributed by atoms with Gasteiger partial charge in [-0.2, -0.15) is 0 Å². The summed E-state index contributed by atoms with van der Waals surface area (Å²) in [6.45, 7) is 0.418. The molecule has 1 aromatic carbocycles. The van der Waals surface area contributed by atoms with Crippen LogP contribution in [0.3, 0.4) is 0 Å².